The Labute approximate surface area is 162 Å². The molecule has 1 aromatic heterocycles. The summed E-state index contributed by atoms with van der Waals surface area (Å²) in [6.07, 6.45) is 7.61. The largest absolute Gasteiger partial charge is 0.470 e. The lowest BCUT2D eigenvalue weighted by atomic mass is 10.1. The van der Waals surface area contributed by atoms with Crippen LogP contribution in [0.5, 0.6) is 17.4 Å². The minimum absolute atomic E-state index is 0.0920. The molecule has 3 heterocycles. The van der Waals surface area contributed by atoms with Crippen molar-refractivity contribution in [2.75, 3.05) is 19.9 Å². The quantitative estimate of drug-likeness (QED) is 0.752. The fraction of sp³-hybridized carbons (Fsp3) is 0.300. The van der Waals surface area contributed by atoms with E-state index in [-0.39, 0.29) is 30.4 Å². The molecular weight excluding hydrogens is 360 g/mol. The lowest BCUT2D eigenvalue weighted by Gasteiger charge is -2.32. The number of fused-ring (bicyclic) bond motifs is 1. The second-order valence-corrected chi connectivity index (χ2v) is 6.43. The van der Waals surface area contributed by atoms with Gasteiger partial charge in [0.1, 0.15) is 12.2 Å². The van der Waals surface area contributed by atoms with Crippen molar-refractivity contribution >= 4 is 12.0 Å². The smallest absolute Gasteiger partial charge is 0.251 e. The number of hydrogen-bond donors (Lipinski definition) is 0. The molecule has 0 N–H and O–H groups in total. The number of hydrogen-bond acceptors (Lipinski definition) is 7. The number of nitriles is 1. The molecule has 8 nitrogen and oxygen atoms in total. The Bertz CT molecular complexity index is 953. The van der Waals surface area contributed by atoms with Crippen molar-refractivity contribution in [2.24, 2.45) is 0 Å². The monoisotopic (exact) mass is 378 g/mol. The summed E-state index contributed by atoms with van der Waals surface area (Å²) in [5, 5.41) is 9.10. The molecular formula is C20H18N4O4. The number of rotatable bonds is 4. The van der Waals surface area contributed by atoms with Crippen LogP contribution in [0.4, 0.5) is 0 Å². The van der Waals surface area contributed by atoms with Crippen LogP contribution in [0.2, 0.25) is 0 Å². The van der Waals surface area contributed by atoms with Crippen LogP contribution in [-0.4, -0.2) is 46.8 Å². The van der Waals surface area contributed by atoms with E-state index in [2.05, 4.69) is 9.97 Å². The number of ether oxygens (including phenoxy) is 3. The maximum Gasteiger partial charge on any atom is 0.251 e. The van der Waals surface area contributed by atoms with Crippen LogP contribution < -0.4 is 14.2 Å². The average Bonchev–Trinajstić information content (AvgIpc) is 3.20. The van der Waals surface area contributed by atoms with Gasteiger partial charge in [0.05, 0.1) is 6.54 Å². The molecule has 4 rings (SSSR count). The number of likely N-dealkylation sites (tertiary alicyclic amines) is 1. The Morgan fingerprint density at radius 2 is 2.14 bits per heavy atom. The number of carbonyl (C=O) groups is 1. The molecule has 1 amide bonds. The lowest BCUT2D eigenvalue weighted by molar-refractivity contribution is -0.128. The molecule has 8 heteroatoms. The van der Waals surface area contributed by atoms with Crippen LogP contribution >= 0.6 is 0 Å². The predicted molar refractivity (Wildman–Crippen MR) is 98.6 cm³/mol. The van der Waals surface area contributed by atoms with E-state index in [0.717, 1.165) is 18.4 Å². The number of piperidine rings is 1. The van der Waals surface area contributed by atoms with Gasteiger partial charge < -0.3 is 19.1 Å². The van der Waals surface area contributed by atoms with E-state index in [1.807, 2.05) is 24.3 Å². The Morgan fingerprint density at radius 3 is 3.04 bits per heavy atom. The molecule has 0 aliphatic carbocycles. The molecule has 28 heavy (non-hydrogen) atoms. The van der Waals surface area contributed by atoms with Gasteiger partial charge in [-0.15, -0.1) is 0 Å². The summed E-state index contributed by atoms with van der Waals surface area (Å²) < 4.78 is 16.5. The summed E-state index contributed by atoms with van der Waals surface area (Å²) in [5.74, 6) is 1.50. The molecule has 0 radical (unpaired) electrons. The second kappa shape index (κ2) is 7.96. The zero-order valence-corrected chi connectivity index (χ0v) is 15.1. The highest BCUT2D eigenvalue weighted by atomic mass is 16.7. The summed E-state index contributed by atoms with van der Waals surface area (Å²) in [4.78, 5) is 22.3. The number of benzene rings is 1. The van der Waals surface area contributed by atoms with E-state index in [0.29, 0.717) is 24.6 Å². The molecule has 1 aromatic carbocycles. The molecule has 142 valence electrons. The molecule has 1 atom stereocenters. The second-order valence-electron chi connectivity index (χ2n) is 6.43. The van der Waals surface area contributed by atoms with Gasteiger partial charge in [-0.05, 0) is 36.6 Å². The van der Waals surface area contributed by atoms with E-state index in [4.69, 9.17) is 19.5 Å². The van der Waals surface area contributed by atoms with Crippen molar-refractivity contribution in [3.63, 3.8) is 0 Å². The summed E-state index contributed by atoms with van der Waals surface area (Å²) in [5.41, 5.74) is 1.01. The van der Waals surface area contributed by atoms with Gasteiger partial charge in [0, 0.05) is 25.0 Å². The number of carbonyl (C=O) groups excluding carboxylic acids is 1. The minimum Gasteiger partial charge on any atom is -0.470 e. The van der Waals surface area contributed by atoms with Gasteiger partial charge in [-0.25, -0.2) is 9.97 Å². The Kier molecular flexibility index (Phi) is 5.06. The van der Waals surface area contributed by atoms with Crippen molar-refractivity contribution in [1.29, 1.82) is 5.26 Å². The van der Waals surface area contributed by atoms with Crippen LogP contribution in [0, 0.1) is 11.3 Å². The average molecular weight is 378 g/mol. The van der Waals surface area contributed by atoms with Gasteiger partial charge in [-0.1, -0.05) is 6.07 Å². The van der Waals surface area contributed by atoms with Crippen LogP contribution in [0.25, 0.3) is 6.08 Å². The lowest BCUT2D eigenvalue weighted by Crippen LogP contribution is -2.43. The number of amides is 1. The van der Waals surface area contributed by atoms with E-state index in [1.54, 1.807) is 17.1 Å². The number of nitrogens with zero attached hydrogens (tertiary/aromatic N) is 4. The molecule has 2 aliphatic heterocycles. The van der Waals surface area contributed by atoms with Crippen molar-refractivity contribution in [2.45, 2.75) is 18.9 Å². The van der Waals surface area contributed by atoms with Crippen LogP contribution in [0.1, 0.15) is 24.1 Å². The first-order chi connectivity index (χ1) is 13.7. The van der Waals surface area contributed by atoms with E-state index < -0.39 is 0 Å². The zero-order chi connectivity index (χ0) is 19.3. The van der Waals surface area contributed by atoms with E-state index in [9.17, 15) is 4.79 Å². The fourth-order valence-corrected chi connectivity index (χ4v) is 3.17. The SMILES string of the molecule is N#Cc1nccnc1OC1CCCN(C(=O)/C=C/c2ccc3c(c2)OCO3)C1. The Balaban J connectivity index is 1.38. The predicted octanol–water partition coefficient (Wildman–Crippen LogP) is 2.16. The molecule has 0 spiro atoms. The standard InChI is InChI=1S/C20H18N4O4/c21-11-16-20(23-8-7-22-16)28-15-2-1-9-24(12-15)19(25)6-4-14-3-5-17-18(10-14)27-13-26-17/h3-8,10,15H,1-2,9,12-13H2/b6-4+. The molecule has 0 saturated carbocycles. The first kappa shape index (κ1) is 17.8. The van der Waals surface area contributed by atoms with Gasteiger partial charge in [0.15, 0.2) is 11.5 Å². The Hall–Kier alpha value is -3.60. The molecule has 1 unspecified atom stereocenters. The van der Waals surface area contributed by atoms with Crippen molar-refractivity contribution < 1.29 is 19.0 Å². The van der Waals surface area contributed by atoms with Gasteiger partial charge >= 0.3 is 0 Å². The zero-order valence-electron chi connectivity index (χ0n) is 15.1. The highest BCUT2D eigenvalue weighted by molar-refractivity contribution is 5.92. The maximum atomic E-state index is 12.6. The third-order valence-corrected chi connectivity index (χ3v) is 4.55. The molecule has 2 aromatic rings. The topological polar surface area (TPSA) is 97.6 Å². The van der Waals surface area contributed by atoms with Crippen molar-refractivity contribution in [3.05, 3.63) is 47.9 Å². The van der Waals surface area contributed by atoms with Gasteiger partial charge in [-0.2, -0.15) is 5.26 Å². The molecule has 2 aliphatic rings. The maximum absolute atomic E-state index is 12.6. The van der Waals surface area contributed by atoms with Gasteiger partial charge in [0.2, 0.25) is 18.4 Å². The van der Waals surface area contributed by atoms with Crippen molar-refractivity contribution in [3.8, 4) is 23.4 Å². The normalized spacial score (nSPS) is 18.1. The van der Waals surface area contributed by atoms with Crippen LogP contribution in [0.15, 0.2) is 36.7 Å². The number of aromatic nitrogens is 2. The van der Waals surface area contributed by atoms with Crippen LogP contribution in [0.3, 0.4) is 0 Å². The molecule has 1 fully saturated rings. The summed E-state index contributed by atoms with van der Waals surface area (Å²) >= 11 is 0. The third kappa shape index (κ3) is 3.88. The first-order valence-electron chi connectivity index (χ1n) is 8.97. The fourth-order valence-electron chi connectivity index (χ4n) is 3.17. The van der Waals surface area contributed by atoms with Gasteiger partial charge in [0.25, 0.3) is 5.88 Å². The first-order valence-corrected chi connectivity index (χ1v) is 8.97. The highest BCUT2D eigenvalue weighted by Crippen LogP contribution is 2.32. The Morgan fingerprint density at radius 1 is 1.29 bits per heavy atom. The summed E-state index contributed by atoms with van der Waals surface area (Å²) in [6.45, 7) is 1.32. The van der Waals surface area contributed by atoms with Crippen LogP contribution in [-0.2, 0) is 4.79 Å². The molecule has 0 bridgehead atoms. The molecule has 1 saturated heterocycles. The van der Waals surface area contributed by atoms with E-state index >= 15 is 0 Å². The van der Waals surface area contributed by atoms with E-state index in [1.165, 1.54) is 12.4 Å². The van der Waals surface area contributed by atoms with Gasteiger partial charge in [-0.3, -0.25) is 4.79 Å². The van der Waals surface area contributed by atoms with Crippen molar-refractivity contribution in [1.82, 2.24) is 14.9 Å². The highest BCUT2D eigenvalue weighted by Gasteiger charge is 2.25. The summed E-state index contributed by atoms with van der Waals surface area (Å²) in [6, 6.07) is 7.50. The third-order valence-electron chi connectivity index (χ3n) is 4.55. The minimum atomic E-state index is -0.222. The summed E-state index contributed by atoms with van der Waals surface area (Å²) in [7, 11) is 0.